The van der Waals surface area contributed by atoms with Crippen LogP contribution in [-0.2, 0) is 0 Å². The molecule has 0 amide bonds. The Morgan fingerprint density at radius 3 is 2.62 bits per heavy atom. The molecule has 1 N–H and O–H groups in total. The first-order chi connectivity index (χ1) is 7.59. The highest BCUT2D eigenvalue weighted by molar-refractivity contribution is 6.37. The zero-order chi connectivity index (χ0) is 11.7. The molecule has 0 bridgehead atoms. The molecular weight excluding hydrogens is 251 g/mol. The maximum absolute atomic E-state index is 10.9. The van der Waals surface area contributed by atoms with E-state index >= 15 is 0 Å². The minimum absolute atomic E-state index is 0.00318. The highest BCUT2D eigenvalue weighted by Crippen LogP contribution is 2.27. The number of carbonyl (C=O) groups is 1. The van der Waals surface area contributed by atoms with Crippen LogP contribution in [0.4, 0.5) is 0 Å². The van der Waals surface area contributed by atoms with Crippen LogP contribution < -0.4 is 0 Å². The second-order valence-corrected chi connectivity index (χ2v) is 3.85. The normalized spacial score (nSPS) is 10.4. The number of aromatic carboxylic acids is 1. The fraction of sp³-hybridized carbons (Fsp3) is 0. The third kappa shape index (κ3) is 1.89. The van der Waals surface area contributed by atoms with Gasteiger partial charge in [-0.15, -0.1) is 0 Å². The summed E-state index contributed by atoms with van der Waals surface area (Å²) >= 11 is 11.7. The molecule has 1 aromatic carbocycles. The van der Waals surface area contributed by atoms with E-state index in [9.17, 15) is 4.79 Å². The molecular formula is C10H6Cl2N2O2. The van der Waals surface area contributed by atoms with Crippen LogP contribution in [0, 0.1) is 0 Å². The zero-order valence-electron chi connectivity index (χ0n) is 7.89. The van der Waals surface area contributed by atoms with Gasteiger partial charge in [-0.3, -0.25) is 0 Å². The Balaban J connectivity index is 2.63. The van der Waals surface area contributed by atoms with Crippen molar-refractivity contribution in [2.24, 2.45) is 0 Å². The van der Waals surface area contributed by atoms with E-state index in [-0.39, 0.29) is 10.6 Å². The Morgan fingerprint density at radius 2 is 2.06 bits per heavy atom. The first-order valence-corrected chi connectivity index (χ1v) is 5.07. The number of nitrogens with zero attached hydrogens (tertiary/aromatic N) is 2. The Bertz CT molecular complexity index is 538. The minimum Gasteiger partial charge on any atom is -0.478 e. The van der Waals surface area contributed by atoms with Crippen molar-refractivity contribution < 1.29 is 9.90 Å². The van der Waals surface area contributed by atoms with Gasteiger partial charge in [-0.25, -0.2) is 9.48 Å². The lowest BCUT2D eigenvalue weighted by molar-refractivity contribution is 0.0697. The summed E-state index contributed by atoms with van der Waals surface area (Å²) in [5.41, 5.74) is 0.477. The maximum atomic E-state index is 10.9. The van der Waals surface area contributed by atoms with Crippen LogP contribution in [0.3, 0.4) is 0 Å². The van der Waals surface area contributed by atoms with E-state index in [1.807, 2.05) is 0 Å². The first kappa shape index (κ1) is 11.0. The van der Waals surface area contributed by atoms with Crippen molar-refractivity contribution >= 4 is 29.2 Å². The van der Waals surface area contributed by atoms with Gasteiger partial charge in [-0.1, -0.05) is 23.2 Å². The molecule has 0 unspecified atom stereocenters. The predicted molar refractivity (Wildman–Crippen MR) is 60.5 cm³/mol. The van der Waals surface area contributed by atoms with Gasteiger partial charge in [0.05, 0.1) is 21.3 Å². The molecule has 1 heterocycles. The molecule has 0 fully saturated rings. The van der Waals surface area contributed by atoms with Crippen LogP contribution in [0.5, 0.6) is 0 Å². The van der Waals surface area contributed by atoms with Crippen LogP contribution in [0.15, 0.2) is 30.6 Å². The molecule has 2 aromatic rings. The monoisotopic (exact) mass is 256 g/mol. The van der Waals surface area contributed by atoms with Gasteiger partial charge in [0.15, 0.2) is 0 Å². The van der Waals surface area contributed by atoms with Crippen LogP contribution in [0.1, 0.15) is 10.4 Å². The van der Waals surface area contributed by atoms with E-state index in [1.165, 1.54) is 16.8 Å². The smallest absolute Gasteiger partial charge is 0.337 e. The Labute approximate surface area is 101 Å². The molecule has 0 atom stereocenters. The average Bonchev–Trinajstić information content (AvgIpc) is 2.70. The van der Waals surface area contributed by atoms with Crippen molar-refractivity contribution in [3.05, 3.63) is 46.2 Å². The number of aromatic nitrogens is 2. The van der Waals surface area contributed by atoms with E-state index in [2.05, 4.69) is 5.10 Å². The summed E-state index contributed by atoms with van der Waals surface area (Å²) in [5.74, 6) is -1.10. The van der Waals surface area contributed by atoms with Crippen molar-refractivity contribution in [1.82, 2.24) is 9.78 Å². The summed E-state index contributed by atoms with van der Waals surface area (Å²) in [6.07, 6.45) is 3.24. The third-order valence-corrected chi connectivity index (χ3v) is 2.63. The van der Waals surface area contributed by atoms with Crippen molar-refractivity contribution in [3.63, 3.8) is 0 Å². The number of halogens is 2. The number of benzene rings is 1. The molecule has 6 heteroatoms. The molecule has 0 radical (unpaired) electrons. The third-order valence-electron chi connectivity index (χ3n) is 2.02. The molecule has 1 aromatic heterocycles. The van der Waals surface area contributed by atoms with E-state index < -0.39 is 5.97 Å². The first-order valence-electron chi connectivity index (χ1n) is 4.32. The lowest BCUT2D eigenvalue weighted by atomic mass is 10.2. The van der Waals surface area contributed by atoms with E-state index in [0.717, 1.165) is 0 Å². The van der Waals surface area contributed by atoms with Crippen molar-refractivity contribution in [2.75, 3.05) is 0 Å². The number of carboxylic acids is 1. The second kappa shape index (κ2) is 4.15. The van der Waals surface area contributed by atoms with E-state index in [0.29, 0.717) is 10.7 Å². The van der Waals surface area contributed by atoms with E-state index in [4.69, 9.17) is 28.3 Å². The average molecular weight is 257 g/mol. The van der Waals surface area contributed by atoms with Gasteiger partial charge in [-0.2, -0.15) is 5.10 Å². The van der Waals surface area contributed by atoms with Gasteiger partial charge >= 0.3 is 5.97 Å². The lowest BCUT2D eigenvalue weighted by Gasteiger charge is -2.07. The summed E-state index contributed by atoms with van der Waals surface area (Å²) < 4.78 is 1.48. The number of hydrogen-bond acceptors (Lipinski definition) is 2. The van der Waals surface area contributed by atoms with Gasteiger partial charge in [0.1, 0.15) is 0 Å². The fourth-order valence-electron chi connectivity index (χ4n) is 1.29. The standard InChI is InChI=1S/C10H6Cl2N2O2/c11-7-5-8(12)9(4-6(7)10(15)16)14-3-1-2-13-14/h1-5H,(H,15,16). The van der Waals surface area contributed by atoms with Gasteiger partial charge < -0.3 is 5.11 Å². The SMILES string of the molecule is O=C(O)c1cc(-n2cccn2)c(Cl)cc1Cl. The zero-order valence-corrected chi connectivity index (χ0v) is 9.40. The molecule has 82 valence electrons. The maximum Gasteiger partial charge on any atom is 0.337 e. The molecule has 0 aliphatic carbocycles. The summed E-state index contributed by atoms with van der Waals surface area (Å²) in [6, 6.07) is 4.49. The van der Waals surface area contributed by atoms with Crippen LogP contribution in [0.25, 0.3) is 5.69 Å². The van der Waals surface area contributed by atoms with Crippen LogP contribution in [0.2, 0.25) is 10.0 Å². The lowest BCUT2D eigenvalue weighted by Crippen LogP contribution is -2.02. The quantitative estimate of drug-likeness (QED) is 0.899. The fourth-order valence-corrected chi connectivity index (χ4v) is 1.84. The van der Waals surface area contributed by atoms with Crippen LogP contribution in [-0.4, -0.2) is 20.9 Å². The summed E-state index contributed by atoms with van der Waals surface area (Å²) in [5, 5.41) is 13.3. The van der Waals surface area contributed by atoms with Gasteiger partial charge in [-0.05, 0) is 18.2 Å². The highest BCUT2D eigenvalue weighted by atomic mass is 35.5. The second-order valence-electron chi connectivity index (χ2n) is 3.04. The number of hydrogen-bond donors (Lipinski definition) is 1. The van der Waals surface area contributed by atoms with Crippen molar-refractivity contribution in [3.8, 4) is 5.69 Å². The summed E-state index contributed by atoms with van der Waals surface area (Å²) in [4.78, 5) is 10.9. The molecule has 0 aliphatic rings. The largest absolute Gasteiger partial charge is 0.478 e. The molecule has 4 nitrogen and oxygen atoms in total. The van der Waals surface area contributed by atoms with Crippen LogP contribution >= 0.6 is 23.2 Å². The predicted octanol–water partition coefficient (Wildman–Crippen LogP) is 2.88. The van der Waals surface area contributed by atoms with E-state index in [1.54, 1.807) is 18.5 Å². The molecule has 0 spiro atoms. The highest BCUT2D eigenvalue weighted by Gasteiger charge is 2.13. The Morgan fingerprint density at radius 1 is 1.31 bits per heavy atom. The Hall–Kier alpha value is -1.52. The molecule has 0 aliphatic heterocycles. The van der Waals surface area contributed by atoms with Crippen molar-refractivity contribution in [2.45, 2.75) is 0 Å². The summed E-state index contributed by atoms with van der Waals surface area (Å²) in [7, 11) is 0. The molecule has 0 saturated carbocycles. The molecule has 16 heavy (non-hydrogen) atoms. The number of carboxylic acid groups (broad SMARTS) is 1. The number of rotatable bonds is 2. The molecule has 0 saturated heterocycles. The van der Waals surface area contributed by atoms with Gasteiger partial charge in [0.25, 0.3) is 0 Å². The molecule has 2 rings (SSSR count). The van der Waals surface area contributed by atoms with Gasteiger partial charge in [0.2, 0.25) is 0 Å². The Kier molecular flexibility index (Phi) is 2.85. The topological polar surface area (TPSA) is 55.1 Å². The minimum atomic E-state index is -1.10. The van der Waals surface area contributed by atoms with Gasteiger partial charge in [0, 0.05) is 12.4 Å². The summed E-state index contributed by atoms with van der Waals surface area (Å²) in [6.45, 7) is 0. The van der Waals surface area contributed by atoms with Crippen molar-refractivity contribution in [1.29, 1.82) is 0 Å².